The summed E-state index contributed by atoms with van der Waals surface area (Å²) in [4.78, 5) is -0.235. The van der Waals surface area contributed by atoms with Crippen molar-refractivity contribution >= 4 is 17.4 Å². The molecule has 0 fully saturated rings. The van der Waals surface area contributed by atoms with Gasteiger partial charge >= 0.3 is 17.4 Å². The molecule has 0 aromatic heterocycles. The predicted octanol–water partition coefficient (Wildman–Crippen LogP) is 2.48. The summed E-state index contributed by atoms with van der Waals surface area (Å²) in [5.74, 6) is 0. The topological polar surface area (TPSA) is 43.4 Å². The molecule has 0 saturated carbocycles. The van der Waals surface area contributed by atoms with Gasteiger partial charge in [0.2, 0.25) is 0 Å². The summed E-state index contributed by atoms with van der Waals surface area (Å²) >= 11 is 0. The lowest BCUT2D eigenvalue weighted by Crippen LogP contribution is -2.05. The van der Waals surface area contributed by atoms with Crippen LogP contribution in [0.2, 0.25) is 0 Å². The van der Waals surface area contributed by atoms with Crippen LogP contribution in [0.4, 0.5) is 13.0 Å². The molecule has 0 spiro atoms. The second kappa shape index (κ2) is 5.26. The first-order valence-electron chi connectivity index (χ1n) is 4.46. The summed E-state index contributed by atoms with van der Waals surface area (Å²) in [5.41, 5.74) is -1.13. The number of hydrogen-bond acceptors (Lipinski definition) is 3. The fraction of sp³-hybridized carbons (Fsp3) is 0.111. The zero-order valence-corrected chi connectivity index (χ0v) is 9.55. The normalized spacial score (nSPS) is 12.4. The molecule has 0 bridgehead atoms. The molecule has 1 rings (SSSR count). The van der Waals surface area contributed by atoms with Gasteiger partial charge in [0.1, 0.15) is 11.2 Å². The quantitative estimate of drug-likeness (QED) is 0.476. The van der Waals surface area contributed by atoms with Gasteiger partial charge in [-0.05, 0) is 19.1 Å². The lowest BCUT2D eigenvalue weighted by Gasteiger charge is -2.03. The lowest BCUT2D eigenvalue weighted by molar-refractivity contribution is 0.428. The van der Waals surface area contributed by atoms with Crippen LogP contribution >= 0.6 is 0 Å². The molecule has 0 heterocycles. The molecule has 1 aromatic carbocycles. The summed E-state index contributed by atoms with van der Waals surface area (Å²) < 4.78 is 62.7. The average Bonchev–Trinajstić information content (AvgIpc) is 2.26. The minimum Gasteiger partial charge on any atom is -0.385 e. The molecule has 0 N–H and O–H groups in total. The molecule has 0 amide bonds. The lowest BCUT2D eigenvalue weighted by atomic mass is 9.98. The van der Waals surface area contributed by atoms with E-state index in [2.05, 4.69) is 4.18 Å². The van der Waals surface area contributed by atoms with Crippen LogP contribution < -0.4 is 0 Å². The van der Waals surface area contributed by atoms with Crippen molar-refractivity contribution in [2.45, 2.75) is 11.8 Å². The van der Waals surface area contributed by atoms with Gasteiger partial charge in [0.15, 0.2) is 5.73 Å². The summed E-state index contributed by atoms with van der Waals surface area (Å²) in [6.45, 7) is 1.74. The van der Waals surface area contributed by atoms with Crippen LogP contribution in [-0.4, -0.2) is 15.7 Å². The molecule has 8 heteroatoms. The third-order valence-electron chi connectivity index (χ3n) is 1.81. The first-order valence-corrected chi connectivity index (χ1v) is 5.87. The van der Waals surface area contributed by atoms with Crippen LogP contribution in [0.5, 0.6) is 0 Å². The zero-order chi connectivity index (χ0) is 13.1. The Morgan fingerprint density at radius 1 is 1.29 bits per heavy atom. The molecule has 0 aliphatic rings. The SMILES string of the molecule is Cc1ccc(S(=O)(=O)O/C=C(\F)B(F)F)cc1. The molecule has 0 aliphatic heterocycles. The molecule has 0 atom stereocenters. The Kier molecular flexibility index (Phi) is 4.22. The summed E-state index contributed by atoms with van der Waals surface area (Å²) in [6.07, 6.45) is -0.111. The van der Waals surface area contributed by atoms with Crippen LogP contribution in [0.15, 0.2) is 41.1 Å². The van der Waals surface area contributed by atoms with Crippen LogP contribution in [0, 0.1) is 6.92 Å². The number of benzene rings is 1. The molecule has 0 radical (unpaired) electrons. The molecule has 0 aliphatic carbocycles. The average molecular weight is 264 g/mol. The standard InChI is InChI=1S/C9H8BF3O3S/c1-7-2-4-8(5-3-7)17(14,15)16-6-9(11)10(12)13/h2-6H,1H3/b9-6-. The van der Waals surface area contributed by atoms with Crippen molar-refractivity contribution < 1.29 is 25.6 Å². The maximum absolute atomic E-state index is 12.4. The number of halogens is 3. The monoisotopic (exact) mass is 264 g/mol. The molecular weight excluding hydrogens is 256 g/mol. The van der Waals surface area contributed by atoms with Crippen molar-refractivity contribution in [2.24, 2.45) is 0 Å². The number of aryl methyl sites for hydroxylation is 1. The van der Waals surface area contributed by atoms with Gasteiger partial charge in [-0.1, -0.05) is 17.7 Å². The predicted molar refractivity (Wildman–Crippen MR) is 56.6 cm³/mol. The first kappa shape index (κ1) is 13.6. The minimum atomic E-state index is -4.26. The summed E-state index contributed by atoms with van der Waals surface area (Å²) in [7, 11) is -7.66. The van der Waals surface area contributed by atoms with Crippen LogP contribution in [0.3, 0.4) is 0 Å². The summed E-state index contributed by atoms with van der Waals surface area (Å²) in [5, 5.41) is 0. The van der Waals surface area contributed by atoms with E-state index in [1.54, 1.807) is 6.92 Å². The van der Waals surface area contributed by atoms with E-state index >= 15 is 0 Å². The molecule has 0 saturated heterocycles. The molecule has 1 aromatic rings. The highest BCUT2D eigenvalue weighted by Gasteiger charge is 2.22. The third-order valence-corrected chi connectivity index (χ3v) is 3.00. The maximum Gasteiger partial charge on any atom is 0.604 e. The van der Waals surface area contributed by atoms with Crippen molar-refractivity contribution in [1.82, 2.24) is 0 Å². The molecule has 92 valence electrons. The second-order valence-electron chi connectivity index (χ2n) is 3.17. The van der Waals surface area contributed by atoms with E-state index in [0.717, 1.165) is 5.56 Å². The Hall–Kier alpha value is -1.44. The van der Waals surface area contributed by atoms with Crippen molar-refractivity contribution in [3.63, 3.8) is 0 Å². The van der Waals surface area contributed by atoms with Crippen LogP contribution in [0.25, 0.3) is 0 Å². The molecule has 17 heavy (non-hydrogen) atoms. The van der Waals surface area contributed by atoms with E-state index < -0.39 is 23.1 Å². The van der Waals surface area contributed by atoms with E-state index in [-0.39, 0.29) is 11.2 Å². The van der Waals surface area contributed by atoms with Gasteiger partial charge in [-0.25, -0.2) is 4.39 Å². The summed E-state index contributed by atoms with van der Waals surface area (Å²) in [6, 6.07) is 5.48. The van der Waals surface area contributed by atoms with Gasteiger partial charge in [-0.3, -0.25) is 8.63 Å². The Morgan fingerprint density at radius 3 is 2.29 bits per heavy atom. The van der Waals surface area contributed by atoms with Crippen LogP contribution in [-0.2, 0) is 14.3 Å². The van der Waals surface area contributed by atoms with E-state index in [1.165, 1.54) is 24.3 Å². The molecular formula is C9H8BF3O3S. The van der Waals surface area contributed by atoms with Crippen LogP contribution in [0.1, 0.15) is 5.56 Å². The second-order valence-corrected chi connectivity index (χ2v) is 4.74. The largest absolute Gasteiger partial charge is 0.604 e. The Labute approximate surface area is 97.2 Å². The fourth-order valence-corrected chi connectivity index (χ4v) is 1.72. The smallest absolute Gasteiger partial charge is 0.385 e. The van der Waals surface area contributed by atoms with E-state index in [4.69, 9.17) is 0 Å². The van der Waals surface area contributed by atoms with Crippen molar-refractivity contribution in [3.05, 3.63) is 41.8 Å². The van der Waals surface area contributed by atoms with Gasteiger partial charge in [-0.15, -0.1) is 0 Å². The highest BCUT2D eigenvalue weighted by molar-refractivity contribution is 7.86. The van der Waals surface area contributed by atoms with Gasteiger partial charge < -0.3 is 4.18 Å². The van der Waals surface area contributed by atoms with E-state index in [1.807, 2.05) is 0 Å². The van der Waals surface area contributed by atoms with Crippen molar-refractivity contribution in [3.8, 4) is 0 Å². The highest BCUT2D eigenvalue weighted by atomic mass is 32.2. The Bertz CT molecular complexity index is 511. The van der Waals surface area contributed by atoms with Gasteiger partial charge in [0.25, 0.3) is 0 Å². The first-order chi connectivity index (χ1) is 7.83. The van der Waals surface area contributed by atoms with Crippen molar-refractivity contribution in [2.75, 3.05) is 0 Å². The van der Waals surface area contributed by atoms with E-state index in [9.17, 15) is 21.4 Å². The minimum absolute atomic E-state index is 0.111. The molecule has 0 unspecified atom stereocenters. The third kappa shape index (κ3) is 3.81. The van der Waals surface area contributed by atoms with Gasteiger partial charge in [0.05, 0.1) is 0 Å². The number of rotatable bonds is 4. The zero-order valence-electron chi connectivity index (χ0n) is 8.73. The van der Waals surface area contributed by atoms with E-state index in [0.29, 0.717) is 0 Å². The Morgan fingerprint density at radius 2 is 1.82 bits per heavy atom. The fourth-order valence-electron chi connectivity index (χ4n) is 0.921. The Balaban J connectivity index is 2.90. The number of hydrogen-bond donors (Lipinski definition) is 0. The van der Waals surface area contributed by atoms with Gasteiger partial charge in [0, 0.05) is 0 Å². The molecule has 3 nitrogen and oxygen atoms in total. The van der Waals surface area contributed by atoms with Gasteiger partial charge in [-0.2, -0.15) is 8.42 Å². The highest BCUT2D eigenvalue weighted by Crippen LogP contribution is 2.15. The maximum atomic E-state index is 12.4. The van der Waals surface area contributed by atoms with Crippen molar-refractivity contribution in [1.29, 1.82) is 0 Å².